The number of carbonyl (C=O) groups is 2. The molecule has 2 atom stereocenters. The summed E-state index contributed by atoms with van der Waals surface area (Å²) in [5, 5.41) is 0. The van der Waals surface area contributed by atoms with Crippen molar-refractivity contribution in [2.24, 2.45) is 0 Å². The minimum absolute atomic E-state index is 0.0363. The van der Waals surface area contributed by atoms with E-state index in [1.165, 1.54) is 244 Å². The van der Waals surface area contributed by atoms with Gasteiger partial charge < -0.3 is 18.9 Å². The van der Waals surface area contributed by atoms with Crippen LogP contribution in [-0.2, 0) is 32.7 Å². The van der Waals surface area contributed by atoms with Gasteiger partial charge in [-0.15, -0.1) is 0 Å². The molecule has 0 aliphatic rings. The predicted molar refractivity (Wildman–Crippen MR) is 298 cm³/mol. The summed E-state index contributed by atoms with van der Waals surface area (Å²) in [6, 6.07) is 0. The highest BCUT2D eigenvalue weighted by molar-refractivity contribution is 7.47. The zero-order valence-electron chi connectivity index (χ0n) is 47.5. The summed E-state index contributed by atoms with van der Waals surface area (Å²) in [4.78, 5) is 35.2. The van der Waals surface area contributed by atoms with Gasteiger partial charge in [0.2, 0.25) is 0 Å². The Morgan fingerprint density at radius 2 is 0.643 bits per heavy atom. The Bertz CT molecular complexity index is 1150. The Morgan fingerprint density at radius 3 is 0.914 bits per heavy atom. The van der Waals surface area contributed by atoms with E-state index >= 15 is 0 Å². The first kappa shape index (κ1) is 69.0. The normalized spacial score (nSPS) is 13.2. The molecule has 0 aromatic rings. The van der Waals surface area contributed by atoms with Gasteiger partial charge in [-0.2, -0.15) is 0 Å². The fourth-order valence-corrected chi connectivity index (χ4v) is 10.1. The van der Waals surface area contributed by atoms with E-state index in [4.69, 9.17) is 18.5 Å². The van der Waals surface area contributed by atoms with Crippen molar-refractivity contribution >= 4 is 19.8 Å². The second-order valence-electron chi connectivity index (χ2n) is 22.5. The molecular weight excluding hydrogens is 894 g/mol. The van der Waals surface area contributed by atoms with Crippen LogP contribution in [0.1, 0.15) is 322 Å². The third-order valence-electron chi connectivity index (χ3n) is 14.1. The summed E-state index contributed by atoms with van der Waals surface area (Å²) in [6.45, 7) is 4.38. The first-order valence-electron chi connectivity index (χ1n) is 30.8. The molecule has 1 N–H and O–H groups in total. The van der Waals surface area contributed by atoms with Crippen molar-refractivity contribution < 1.29 is 42.1 Å². The maximum absolute atomic E-state index is 12.7. The molecule has 10 heteroatoms. The second kappa shape index (κ2) is 52.9. The van der Waals surface area contributed by atoms with Crippen molar-refractivity contribution in [1.82, 2.24) is 0 Å². The third-order valence-corrected chi connectivity index (χ3v) is 15.1. The van der Waals surface area contributed by atoms with Crippen LogP contribution in [0.4, 0.5) is 0 Å². The number of hydrogen-bond donors (Lipinski definition) is 1. The molecule has 0 bridgehead atoms. The highest BCUT2D eigenvalue weighted by atomic mass is 31.2. The number of quaternary nitrogens is 1. The number of nitrogens with zero attached hydrogens (tertiary/aromatic N) is 1. The lowest BCUT2D eigenvalue weighted by molar-refractivity contribution is -0.870. The smallest absolute Gasteiger partial charge is 0.462 e. The maximum Gasteiger partial charge on any atom is 0.472 e. The van der Waals surface area contributed by atoms with Crippen molar-refractivity contribution in [1.29, 1.82) is 0 Å². The molecule has 0 aromatic heterocycles. The van der Waals surface area contributed by atoms with E-state index in [1.807, 2.05) is 21.1 Å². The Kier molecular flexibility index (Phi) is 52.1. The molecule has 0 aliphatic heterocycles. The van der Waals surface area contributed by atoms with Gasteiger partial charge in [0.25, 0.3) is 0 Å². The van der Waals surface area contributed by atoms with E-state index < -0.39 is 26.5 Å². The molecule has 9 nitrogen and oxygen atoms in total. The van der Waals surface area contributed by atoms with Crippen LogP contribution in [0, 0.1) is 0 Å². The first-order chi connectivity index (χ1) is 34.0. The number of likely N-dealkylation sites (N-methyl/N-ethyl adjacent to an activating group) is 1. The Labute approximate surface area is 435 Å². The quantitative estimate of drug-likeness (QED) is 0.0278. The maximum atomic E-state index is 12.7. The third kappa shape index (κ3) is 56.3. The average molecular weight is 1020 g/mol. The van der Waals surface area contributed by atoms with Gasteiger partial charge >= 0.3 is 19.8 Å². The van der Waals surface area contributed by atoms with E-state index in [0.29, 0.717) is 11.0 Å². The molecule has 0 saturated heterocycles. The van der Waals surface area contributed by atoms with Gasteiger partial charge in [-0.05, 0) is 12.8 Å². The van der Waals surface area contributed by atoms with Crippen molar-refractivity contribution in [2.75, 3.05) is 47.5 Å². The van der Waals surface area contributed by atoms with E-state index in [9.17, 15) is 19.0 Å². The highest BCUT2D eigenvalue weighted by Gasteiger charge is 2.27. The fourth-order valence-electron chi connectivity index (χ4n) is 9.37. The molecule has 0 aromatic carbocycles. The molecule has 0 rings (SSSR count). The summed E-state index contributed by atoms with van der Waals surface area (Å²) in [5.74, 6) is -0.796. The second-order valence-corrected chi connectivity index (χ2v) is 23.9. The molecule has 2 unspecified atom stereocenters. The minimum atomic E-state index is -4.36. The first-order valence-corrected chi connectivity index (χ1v) is 32.3. The molecule has 0 aliphatic carbocycles. The van der Waals surface area contributed by atoms with Crippen LogP contribution >= 0.6 is 7.82 Å². The van der Waals surface area contributed by atoms with Crippen molar-refractivity contribution in [3.05, 3.63) is 0 Å². The predicted octanol–water partition coefficient (Wildman–Crippen LogP) is 19.0. The molecule has 0 radical (unpaired) electrons. The lowest BCUT2D eigenvalue weighted by Gasteiger charge is -2.24. The highest BCUT2D eigenvalue weighted by Crippen LogP contribution is 2.43. The van der Waals surface area contributed by atoms with Crippen molar-refractivity contribution in [2.45, 2.75) is 328 Å². The van der Waals surface area contributed by atoms with Gasteiger partial charge in [0.05, 0.1) is 27.7 Å². The van der Waals surface area contributed by atoms with Gasteiger partial charge in [-0.25, -0.2) is 4.57 Å². The monoisotopic (exact) mass is 1010 g/mol. The molecule has 418 valence electrons. The molecule has 70 heavy (non-hydrogen) atoms. The Morgan fingerprint density at radius 1 is 0.386 bits per heavy atom. The van der Waals surface area contributed by atoms with Gasteiger partial charge in [0.1, 0.15) is 19.8 Å². The number of unbranched alkanes of at least 4 members (excludes halogenated alkanes) is 44. The molecule has 0 amide bonds. The van der Waals surface area contributed by atoms with Crippen LogP contribution in [0.5, 0.6) is 0 Å². The summed E-state index contributed by atoms with van der Waals surface area (Å²) in [5.41, 5.74) is 0. The lowest BCUT2D eigenvalue weighted by Crippen LogP contribution is -2.37. The Hall–Kier alpha value is -0.990. The van der Waals surface area contributed by atoms with E-state index in [0.717, 1.165) is 51.4 Å². The lowest BCUT2D eigenvalue weighted by atomic mass is 10.0. The van der Waals surface area contributed by atoms with Crippen LogP contribution < -0.4 is 0 Å². The SMILES string of the molecule is CCCCCCCCCCCCCCCCCCCCCCCCCCCCCCCCCCCCCCCCCCCC(=O)OC(COC(=O)CCCCCCC)COP(=O)(O)OCC[N+](C)(C)C. The molecule has 0 heterocycles. The number of phosphoric acid groups is 1. The largest absolute Gasteiger partial charge is 0.472 e. The average Bonchev–Trinajstić information content (AvgIpc) is 3.32. The van der Waals surface area contributed by atoms with Crippen LogP contribution in [0.2, 0.25) is 0 Å². The molecule has 0 fully saturated rings. The summed E-state index contributed by atoms with van der Waals surface area (Å²) < 4.78 is 34.2. The van der Waals surface area contributed by atoms with Crippen LogP contribution in [-0.4, -0.2) is 74.9 Å². The zero-order chi connectivity index (χ0) is 51.3. The minimum Gasteiger partial charge on any atom is -0.462 e. The topological polar surface area (TPSA) is 108 Å². The summed E-state index contributed by atoms with van der Waals surface area (Å²) in [6.07, 6.45) is 61.5. The van der Waals surface area contributed by atoms with Gasteiger partial charge in [0.15, 0.2) is 6.10 Å². The number of esters is 2. The van der Waals surface area contributed by atoms with Crippen LogP contribution in [0.3, 0.4) is 0 Å². The Balaban J connectivity index is 3.63. The van der Waals surface area contributed by atoms with Crippen molar-refractivity contribution in [3.8, 4) is 0 Å². The van der Waals surface area contributed by atoms with Crippen molar-refractivity contribution in [3.63, 3.8) is 0 Å². The van der Waals surface area contributed by atoms with E-state index in [-0.39, 0.29) is 32.0 Å². The standard InChI is InChI=1S/C60H120NO8P/c1-6-8-10-12-13-14-15-16-17-18-19-20-21-22-23-24-25-26-27-28-29-30-31-32-33-34-35-36-37-38-39-40-41-42-43-44-45-46-47-49-51-53-60(63)69-58(56-66-59(62)52-50-48-11-9-7-2)57-68-70(64,65)67-55-54-61(3,4)5/h58H,6-57H2,1-5H3/p+1. The van der Waals surface area contributed by atoms with E-state index in [2.05, 4.69) is 13.8 Å². The number of rotatable bonds is 58. The molecule has 0 spiro atoms. The number of ether oxygens (including phenoxy) is 2. The molecule has 0 saturated carbocycles. The molecular formula is C60H121NO8P+. The number of carbonyl (C=O) groups excluding carboxylic acids is 2. The summed E-state index contributed by atoms with van der Waals surface area (Å²) >= 11 is 0. The van der Waals surface area contributed by atoms with Crippen LogP contribution in [0.15, 0.2) is 0 Å². The fraction of sp³-hybridized carbons (Fsp3) is 0.967. The van der Waals surface area contributed by atoms with Gasteiger partial charge in [0, 0.05) is 12.8 Å². The summed E-state index contributed by atoms with van der Waals surface area (Å²) in [7, 11) is 1.49. The van der Waals surface area contributed by atoms with Gasteiger partial charge in [-0.1, -0.05) is 296 Å². The van der Waals surface area contributed by atoms with Gasteiger partial charge in [-0.3, -0.25) is 18.6 Å². The number of hydrogen-bond acceptors (Lipinski definition) is 7. The number of phosphoric ester groups is 1. The van der Waals surface area contributed by atoms with E-state index in [1.54, 1.807) is 0 Å². The van der Waals surface area contributed by atoms with Crippen LogP contribution in [0.25, 0.3) is 0 Å². The zero-order valence-corrected chi connectivity index (χ0v) is 48.4.